The van der Waals surface area contributed by atoms with E-state index in [1.54, 1.807) is 19.2 Å². The van der Waals surface area contributed by atoms with Gasteiger partial charge in [0, 0.05) is 39.2 Å². The first-order valence-electron chi connectivity index (χ1n) is 7.42. The molecule has 21 heavy (non-hydrogen) atoms. The molecule has 0 amide bonds. The van der Waals surface area contributed by atoms with Crippen molar-refractivity contribution in [3.8, 4) is 0 Å². The van der Waals surface area contributed by atoms with Crippen LogP contribution in [0.1, 0.15) is 25.3 Å². The van der Waals surface area contributed by atoms with Gasteiger partial charge in [0.05, 0.1) is 5.60 Å². The van der Waals surface area contributed by atoms with E-state index in [4.69, 9.17) is 9.47 Å². The van der Waals surface area contributed by atoms with E-state index in [0.717, 1.165) is 25.5 Å². The number of benzene rings is 1. The van der Waals surface area contributed by atoms with Crippen molar-refractivity contribution < 1.29 is 18.3 Å². The third-order valence-electron chi connectivity index (χ3n) is 4.29. The summed E-state index contributed by atoms with van der Waals surface area (Å²) in [5.41, 5.74) is -0.0172. The van der Waals surface area contributed by atoms with E-state index in [1.165, 1.54) is 0 Å². The number of hydrogen-bond acceptors (Lipinski definition) is 3. The minimum Gasteiger partial charge on any atom is -0.381 e. The Hall–Kier alpha value is -1.04. The highest BCUT2D eigenvalue weighted by Crippen LogP contribution is 2.30. The maximum atomic E-state index is 13.9. The number of hydrogen-bond donors (Lipinski definition) is 1. The molecule has 1 aromatic carbocycles. The zero-order valence-electron chi connectivity index (χ0n) is 12.6. The Balaban J connectivity index is 2.23. The van der Waals surface area contributed by atoms with Crippen LogP contribution in [0.3, 0.4) is 0 Å². The molecule has 118 valence electrons. The van der Waals surface area contributed by atoms with E-state index in [2.05, 4.69) is 5.32 Å². The molecule has 5 heteroatoms. The minimum absolute atomic E-state index is 0.0762. The van der Waals surface area contributed by atoms with Crippen molar-refractivity contribution >= 4 is 0 Å². The normalized spacial score (nSPS) is 19.4. The standard InChI is InChI=1S/C16H23F2NO2/c1-3-19-14(16(20-2)7-9-21-10-8-16)11-12-5-4-6-13(17)15(12)18/h4-6,14,19H,3,7-11H2,1-2H3. The third-order valence-corrected chi connectivity index (χ3v) is 4.29. The summed E-state index contributed by atoms with van der Waals surface area (Å²) in [5, 5.41) is 3.37. The maximum absolute atomic E-state index is 13.9. The summed E-state index contributed by atoms with van der Waals surface area (Å²) >= 11 is 0. The van der Waals surface area contributed by atoms with Gasteiger partial charge in [0.15, 0.2) is 11.6 Å². The summed E-state index contributed by atoms with van der Waals surface area (Å²) in [6, 6.07) is 4.24. The molecule has 1 atom stereocenters. The van der Waals surface area contributed by atoms with E-state index in [9.17, 15) is 8.78 Å². The molecule has 1 saturated heterocycles. The Morgan fingerprint density at radius 3 is 2.67 bits per heavy atom. The van der Waals surface area contributed by atoms with Gasteiger partial charge in [-0.1, -0.05) is 19.1 Å². The predicted molar refractivity (Wildman–Crippen MR) is 77.3 cm³/mol. The molecule has 0 saturated carbocycles. The molecule has 0 bridgehead atoms. The third kappa shape index (κ3) is 3.59. The monoisotopic (exact) mass is 299 g/mol. The average molecular weight is 299 g/mol. The Morgan fingerprint density at radius 2 is 2.05 bits per heavy atom. The fourth-order valence-electron chi connectivity index (χ4n) is 3.03. The van der Waals surface area contributed by atoms with Crippen molar-refractivity contribution in [3.05, 3.63) is 35.4 Å². The molecule has 0 aromatic heterocycles. The molecule has 0 spiro atoms. The molecule has 1 heterocycles. The molecule has 0 radical (unpaired) electrons. The summed E-state index contributed by atoms with van der Waals surface area (Å²) in [7, 11) is 1.68. The Labute approximate surface area is 124 Å². The first-order chi connectivity index (χ1) is 10.1. The summed E-state index contributed by atoms with van der Waals surface area (Å²) < 4.78 is 38.5. The lowest BCUT2D eigenvalue weighted by molar-refractivity contribution is -0.110. The highest BCUT2D eigenvalue weighted by molar-refractivity contribution is 5.21. The maximum Gasteiger partial charge on any atom is 0.162 e. The van der Waals surface area contributed by atoms with Crippen LogP contribution in [0.25, 0.3) is 0 Å². The summed E-state index contributed by atoms with van der Waals surface area (Å²) in [4.78, 5) is 0. The Bertz CT molecular complexity index is 462. The molecule has 1 aromatic rings. The molecule has 2 rings (SSSR count). The first-order valence-corrected chi connectivity index (χ1v) is 7.42. The molecular formula is C16H23F2NO2. The SMILES string of the molecule is CCNC(Cc1cccc(F)c1F)C1(OC)CCOCC1. The van der Waals surface area contributed by atoms with Gasteiger partial charge < -0.3 is 14.8 Å². The van der Waals surface area contributed by atoms with Gasteiger partial charge in [-0.05, 0) is 24.6 Å². The summed E-state index contributed by atoms with van der Waals surface area (Å²) in [6.45, 7) is 3.99. The van der Waals surface area contributed by atoms with Gasteiger partial charge in [-0.2, -0.15) is 0 Å². The van der Waals surface area contributed by atoms with Crippen molar-refractivity contribution in [3.63, 3.8) is 0 Å². The van der Waals surface area contributed by atoms with Crippen molar-refractivity contribution in [1.82, 2.24) is 5.32 Å². The van der Waals surface area contributed by atoms with Crippen molar-refractivity contribution in [2.24, 2.45) is 0 Å². The van der Waals surface area contributed by atoms with Crippen LogP contribution in [0.2, 0.25) is 0 Å². The number of rotatable bonds is 6. The smallest absolute Gasteiger partial charge is 0.162 e. The van der Waals surface area contributed by atoms with Crippen LogP contribution >= 0.6 is 0 Å². The van der Waals surface area contributed by atoms with Gasteiger partial charge in [0.1, 0.15) is 0 Å². The number of ether oxygens (including phenoxy) is 2. The van der Waals surface area contributed by atoms with E-state index in [-0.39, 0.29) is 6.04 Å². The van der Waals surface area contributed by atoms with Crippen LogP contribution in [0.5, 0.6) is 0 Å². The second-order valence-corrected chi connectivity index (χ2v) is 5.41. The van der Waals surface area contributed by atoms with E-state index < -0.39 is 17.2 Å². The fourth-order valence-corrected chi connectivity index (χ4v) is 3.03. The lowest BCUT2D eigenvalue weighted by Crippen LogP contribution is -2.56. The molecular weight excluding hydrogens is 276 g/mol. The van der Waals surface area contributed by atoms with Gasteiger partial charge in [-0.15, -0.1) is 0 Å². The van der Waals surface area contributed by atoms with Gasteiger partial charge in [-0.3, -0.25) is 0 Å². The number of nitrogens with one attached hydrogen (secondary N) is 1. The zero-order valence-corrected chi connectivity index (χ0v) is 12.6. The second-order valence-electron chi connectivity index (χ2n) is 5.41. The van der Waals surface area contributed by atoms with Crippen LogP contribution < -0.4 is 5.32 Å². The van der Waals surface area contributed by atoms with Crippen molar-refractivity contribution in [2.45, 2.75) is 37.8 Å². The molecule has 1 aliphatic rings. The van der Waals surface area contributed by atoms with Crippen LogP contribution in [-0.2, 0) is 15.9 Å². The molecule has 3 nitrogen and oxygen atoms in total. The predicted octanol–water partition coefficient (Wildman–Crippen LogP) is 2.68. The van der Waals surface area contributed by atoms with Gasteiger partial charge in [0.2, 0.25) is 0 Å². The van der Waals surface area contributed by atoms with Crippen LogP contribution in [0.4, 0.5) is 8.78 Å². The van der Waals surface area contributed by atoms with Gasteiger partial charge >= 0.3 is 0 Å². The average Bonchev–Trinajstić information content (AvgIpc) is 2.52. The van der Waals surface area contributed by atoms with E-state index in [0.29, 0.717) is 25.2 Å². The highest BCUT2D eigenvalue weighted by atomic mass is 19.2. The molecule has 1 N–H and O–H groups in total. The minimum atomic E-state index is -0.804. The fraction of sp³-hybridized carbons (Fsp3) is 0.625. The van der Waals surface area contributed by atoms with Crippen LogP contribution in [-0.4, -0.2) is 38.5 Å². The molecule has 1 unspecified atom stereocenters. The summed E-state index contributed by atoms with van der Waals surface area (Å²) in [6.07, 6.45) is 1.89. The number of methoxy groups -OCH3 is 1. The second kappa shape index (κ2) is 7.29. The van der Waals surface area contributed by atoms with Gasteiger partial charge in [-0.25, -0.2) is 8.78 Å². The lowest BCUT2D eigenvalue weighted by Gasteiger charge is -2.42. The number of likely N-dealkylation sites (N-methyl/N-ethyl adjacent to an activating group) is 1. The van der Waals surface area contributed by atoms with E-state index in [1.807, 2.05) is 6.92 Å². The van der Waals surface area contributed by atoms with E-state index >= 15 is 0 Å². The molecule has 1 fully saturated rings. The lowest BCUT2D eigenvalue weighted by atomic mass is 9.82. The van der Waals surface area contributed by atoms with Crippen LogP contribution in [0, 0.1) is 11.6 Å². The Morgan fingerprint density at radius 1 is 1.33 bits per heavy atom. The van der Waals surface area contributed by atoms with Gasteiger partial charge in [0.25, 0.3) is 0 Å². The largest absolute Gasteiger partial charge is 0.381 e. The zero-order chi connectivity index (χ0) is 15.3. The number of halogens is 2. The Kier molecular flexibility index (Phi) is 5.67. The summed E-state index contributed by atoms with van der Waals surface area (Å²) in [5.74, 6) is -1.57. The van der Waals surface area contributed by atoms with Crippen molar-refractivity contribution in [2.75, 3.05) is 26.9 Å². The van der Waals surface area contributed by atoms with Crippen LogP contribution in [0.15, 0.2) is 18.2 Å². The molecule has 1 aliphatic heterocycles. The highest BCUT2D eigenvalue weighted by Gasteiger charge is 2.40. The first kappa shape index (κ1) is 16.3. The topological polar surface area (TPSA) is 30.5 Å². The molecule has 0 aliphatic carbocycles. The van der Waals surface area contributed by atoms with Crippen molar-refractivity contribution in [1.29, 1.82) is 0 Å². The quantitative estimate of drug-likeness (QED) is 0.876.